The summed E-state index contributed by atoms with van der Waals surface area (Å²) in [7, 11) is 0. The zero-order valence-electron chi connectivity index (χ0n) is 10.5. The van der Waals surface area contributed by atoms with Gasteiger partial charge in [0.2, 0.25) is 5.90 Å². The van der Waals surface area contributed by atoms with Crippen LogP contribution in [0.4, 0.5) is 5.69 Å². The molecule has 0 saturated heterocycles. The number of hydrogen-bond donors (Lipinski definition) is 0. The van der Waals surface area contributed by atoms with Crippen molar-refractivity contribution in [2.75, 3.05) is 0 Å². The van der Waals surface area contributed by atoms with E-state index in [1.54, 1.807) is 0 Å². The first-order chi connectivity index (χ1) is 9.29. The van der Waals surface area contributed by atoms with Crippen LogP contribution in [0.1, 0.15) is 22.8 Å². The molecular weight excluding hydrogens is 238 g/mol. The van der Waals surface area contributed by atoms with E-state index < -0.39 is 6.10 Å². The largest absolute Gasteiger partial charge is 0.461 e. The summed E-state index contributed by atoms with van der Waals surface area (Å²) in [5.74, 6) is 0.500. The van der Waals surface area contributed by atoms with Crippen molar-refractivity contribution in [1.29, 1.82) is 0 Å². The average Bonchev–Trinajstić information content (AvgIpc) is 2.48. The molecular formula is C16H13NO2. The van der Waals surface area contributed by atoms with Crippen LogP contribution in [0, 0.1) is 6.92 Å². The first-order valence-electron chi connectivity index (χ1n) is 6.15. The smallest absolute Gasteiger partial charge is 0.222 e. The Morgan fingerprint density at radius 3 is 2.63 bits per heavy atom. The summed E-state index contributed by atoms with van der Waals surface area (Å²) in [6.07, 6.45) is 0.234. The highest BCUT2D eigenvalue weighted by molar-refractivity contribution is 5.98. The summed E-state index contributed by atoms with van der Waals surface area (Å²) in [6.45, 7) is 1.98. The molecule has 1 aliphatic heterocycles. The van der Waals surface area contributed by atoms with Gasteiger partial charge in [-0.3, -0.25) is 4.79 Å². The van der Waals surface area contributed by atoms with Crippen molar-refractivity contribution in [3.8, 4) is 0 Å². The molecule has 1 atom stereocenters. The van der Waals surface area contributed by atoms with Gasteiger partial charge in [-0.05, 0) is 24.6 Å². The second-order valence-electron chi connectivity index (χ2n) is 4.47. The molecule has 0 spiro atoms. The third kappa shape index (κ3) is 2.03. The van der Waals surface area contributed by atoms with Crippen LogP contribution in [-0.2, 0) is 9.53 Å². The lowest BCUT2D eigenvalue weighted by Crippen LogP contribution is -2.18. The highest BCUT2D eigenvalue weighted by atomic mass is 16.5. The van der Waals surface area contributed by atoms with Gasteiger partial charge in [-0.2, -0.15) is 0 Å². The molecule has 0 amide bonds. The van der Waals surface area contributed by atoms with Crippen LogP contribution in [0.15, 0.2) is 53.5 Å². The van der Waals surface area contributed by atoms with Crippen LogP contribution in [0.2, 0.25) is 0 Å². The van der Waals surface area contributed by atoms with Gasteiger partial charge in [-0.15, -0.1) is 0 Å². The SMILES string of the molecule is Cc1cccc2c1N=C(c1ccccc1)OC2C=O. The monoisotopic (exact) mass is 251 g/mol. The number of aldehydes is 1. The summed E-state index contributed by atoms with van der Waals surface area (Å²) >= 11 is 0. The van der Waals surface area contributed by atoms with Gasteiger partial charge >= 0.3 is 0 Å². The Balaban J connectivity index is 2.15. The molecule has 1 unspecified atom stereocenters. The number of ether oxygens (including phenoxy) is 1. The minimum Gasteiger partial charge on any atom is -0.461 e. The summed E-state index contributed by atoms with van der Waals surface area (Å²) < 4.78 is 5.69. The van der Waals surface area contributed by atoms with Crippen LogP contribution < -0.4 is 0 Å². The molecule has 0 fully saturated rings. The van der Waals surface area contributed by atoms with Crippen molar-refractivity contribution < 1.29 is 9.53 Å². The fourth-order valence-electron chi connectivity index (χ4n) is 2.19. The maximum Gasteiger partial charge on any atom is 0.222 e. The molecule has 0 aromatic heterocycles. The number of para-hydroxylation sites is 1. The highest BCUT2D eigenvalue weighted by Gasteiger charge is 2.24. The van der Waals surface area contributed by atoms with Crippen molar-refractivity contribution in [2.45, 2.75) is 13.0 Å². The molecule has 0 N–H and O–H groups in total. The Labute approximate surface area is 111 Å². The molecule has 1 heterocycles. The number of aliphatic imine (C=N–C) groups is 1. The van der Waals surface area contributed by atoms with Crippen LogP contribution in [0.5, 0.6) is 0 Å². The number of hydrogen-bond acceptors (Lipinski definition) is 3. The fraction of sp³-hybridized carbons (Fsp3) is 0.125. The average molecular weight is 251 g/mol. The van der Waals surface area contributed by atoms with E-state index in [4.69, 9.17) is 4.74 Å². The lowest BCUT2D eigenvalue weighted by molar-refractivity contribution is -0.114. The van der Waals surface area contributed by atoms with Crippen molar-refractivity contribution in [3.63, 3.8) is 0 Å². The second kappa shape index (κ2) is 4.69. The molecule has 2 aromatic rings. The number of carbonyl (C=O) groups is 1. The zero-order valence-corrected chi connectivity index (χ0v) is 10.5. The number of benzene rings is 2. The van der Waals surface area contributed by atoms with Crippen LogP contribution in [-0.4, -0.2) is 12.2 Å². The fourth-order valence-corrected chi connectivity index (χ4v) is 2.19. The van der Waals surface area contributed by atoms with Gasteiger partial charge in [0, 0.05) is 11.1 Å². The van der Waals surface area contributed by atoms with E-state index in [9.17, 15) is 4.79 Å². The summed E-state index contributed by atoms with van der Waals surface area (Å²) in [4.78, 5) is 15.8. The van der Waals surface area contributed by atoms with Crippen LogP contribution in [0.25, 0.3) is 0 Å². The molecule has 2 aromatic carbocycles. The molecule has 1 aliphatic rings. The van der Waals surface area contributed by atoms with E-state index in [1.165, 1.54) is 0 Å². The Hall–Kier alpha value is -2.42. The Kier molecular flexibility index (Phi) is 2.88. The molecule has 19 heavy (non-hydrogen) atoms. The molecule has 0 saturated carbocycles. The maximum atomic E-state index is 11.2. The molecule has 3 rings (SSSR count). The van der Waals surface area contributed by atoms with E-state index in [-0.39, 0.29) is 0 Å². The van der Waals surface area contributed by atoms with Gasteiger partial charge in [0.15, 0.2) is 12.4 Å². The van der Waals surface area contributed by atoms with Gasteiger partial charge in [-0.1, -0.05) is 36.4 Å². The minimum atomic E-state index is -0.581. The standard InChI is InChI=1S/C16H13NO2/c1-11-6-5-9-13-14(10-18)19-16(17-15(11)13)12-7-3-2-4-8-12/h2-10,14H,1H3. The zero-order chi connectivity index (χ0) is 13.2. The first kappa shape index (κ1) is 11.7. The quantitative estimate of drug-likeness (QED) is 0.768. The van der Waals surface area contributed by atoms with Gasteiger partial charge in [0.25, 0.3) is 0 Å². The Bertz CT molecular complexity index is 647. The first-order valence-corrected chi connectivity index (χ1v) is 6.15. The van der Waals surface area contributed by atoms with Gasteiger partial charge in [0.05, 0.1) is 5.69 Å². The number of fused-ring (bicyclic) bond motifs is 1. The van der Waals surface area contributed by atoms with E-state index in [0.717, 1.165) is 28.7 Å². The molecule has 3 nitrogen and oxygen atoms in total. The minimum absolute atomic E-state index is 0.500. The van der Waals surface area contributed by atoms with Crippen LogP contribution >= 0.6 is 0 Å². The normalized spacial score (nSPS) is 17.1. The van der Waals surface area contributed by atoms with Crippen molar-refractivity contribution >= 4 is 17.9 Å². The maximum absolute atomic E-state index is 11.2. The lowest BCUT2D eigenvalue weighted by Gasteiger charge is -2.23. The second-order valence-corrected chi connectivity index (χ2v) is 4.47. The topological polar surface area (TPSA) is 38.7 Å². The highest BCUT2D eigenvalue weighted by Crippen LogP contribution is 2.35. The number of carbonyl (C=O) groups excluding carboxylic acids is 1. The van der Waals surface area contributed by atoms with E-state index in [1.807, 2.05) is 55.5 Å². The molecule has 94 valence electrons. The molecule has 0 aliphatic carbocycles. The Morgan fingerprint density at radius 2 is 1.89 bits per heavy atom. The van der Waals surface area contributed by atoms with E-state index >= 15 is 0 Å². The summed E-state index contributed by atoms with van der Waals surface area (Å²) in [5, 5.41) is 0. The van der Waals surface area contributed by atoms with E-state index in [0.29, 0.717) is 5.90 Å². The Morgan fingerprint density at radius 1 is 1.11 bits per heavy atom. The third-order valence-electron chi connectivity index (χ3n) is 3.17. The number of nitrogens with zero attached hydrogens (tertiary/aromatic N) is 1. The molecule has 0 bridgehead atoms. The van der Waals surface area contributed by atoms with Crippen molar-refractivity contribution in [2.24, 2.45) is 4.99 Å². The molecule has 0 radical (unpaired) electrons. The van der Waals surface area contributed by atoms with Crippen molar-refractivity contribution in [1.82, 2.24) is 0 Å². The summed E-state index contributed by atoms with van der Waals surface area (Å²) in [5.41, 5.74) is 3.59. The number of aryl methyl sites for hydroxylation is 1. The lowest BCUT2D eigenvalue weighted by atomic mass is 10.0. The molecule has 3 heteroatoms. The predicted molar refractivity (Wildman–Crippen MR) is 73.7 cm³/mol. The van der Waals surface area contributed by atoms with Gasteiger partial charge < -0.3 is 4.74 Å². The van der Waals surface area contributed by atoms with Crippen molar-refractivity contribution in [3.05, 3.63) is 65.2 Å². The van der Waals surface area contributed by atoms with E-state index in [2.05, 4.69) is 4.99 Å². The van der Waals surface area contributed by atoms with Gasteiger partial charge in [0.1, 0.15) is 0 Å². The van der Waals surface area contributed by atoms with Gasteiger partial charge in [-0.25, -0.2) is 4.99 Å². The third-order valence-corrected chi connectivity index (χ3v) is 3.17. The van der Waals surface area contributed by atoms with Crippen LogP contribution in [0.3, 0.4) is 0 Å². The summed E-state index contributed by atoms with van der Waals surface area (Å²) in [6, 6.07) is 15.4. The predicted octanol–water partition coefficient (Wildman–Crippen LogP) is 3.34. The number of rotatable bonds is 2.